The number of amides is 2. The van der Waals surface area contributed by atoms with Gasteiger partial charge in [-0.05, 0) is 36.3 Å². The number of nitrogens with zero attached hydrogens (tertiary/aromatic N) is 4. The number of carbonyl (C=O) groups is 1. The molecule has 2 amide bonds. The number of nitrogens with one attached hydrogen (secondary N) is 1. The molecule has 36 heavy (non-hydrogen) atoms. The second-order valence-electron chi connectivity index (χ2n) is 7.75. The predicted molar refractivity (Wildman–Crippen MR) is 124 cm³/mol. The maximum atomic E-state index is 12.9. The zero-order chi connectivity index (χ0) is 26.0. The Bertz CT molecular complexity index is 1320. The fourth-order valence-corrected chi connectivity index (χ4v) is 4.02. The highest BCUT2D eigenvalue weighted by molar-refractivity contribution is 6.32. The lowest BCUT2D eigenvalue weighted by atomic mass is 10.0. The van der Waals surface area contributed by atoms with Crippen LogP contribution in [0.3, 0.4) is 0 Å². The molecule has 2 aromatic heterocycles. The lowest BCUT2D eigenvalue weighted by molar-refractivity contribution is -0.137. The van der Waals surface area contributed by atoms with E-state index in [1.807, 2.05) is 0 Å². The summed E-state index contributed by atoms with van der Waals surface area (Å²) in [5.74, 6) is -0.0677. The van der Waals surface area contributed by atoms with E-state index in [9.17, 15) is 23.1 Å². The number of hydrogen-bond donors (Lipinski definition) is 3. The third-order valence-corrected chi connectivity index (χ3v) is 5.91. The molecule has 0 saturated carbocycles. The molecule has 0 aliphatic carbocycles. The number of rotatable bonds is 5. The van der Waals surface area contributed by atoms with Crippen LogP contribution in [0.2, 0.25) is 10.0 Å². The van der Waals surface area contributed by atoms with Gasteiger partial charge in [0.1, 0.15) is 0 Å². The van der Waals surface area contributed by atoms with Crippen molar-refractivity contribution in [1.29, 1.82) is 0 Å². The Morgan fingerprint density at radius 1 is 1.22 bits per heavy atom. The van der Waals surface area contributed by atoms with Crippen LogP contribution in [0.4, 0.5) is 23.7 Å². The smallest absolute Gasteiger partial charge is 0.417 e. The van der Waals surface area contributed by atoms with E-state index < -0.39 is 35.5 Å². The van der Waals surface area contributed by atoms with Crippen molar-refractivity contribution >= 4 is 40.5 Å². The molecule has 1 aliphatic rings. The molecule has 4 rings (SSSR count). The lowest BCUT2D eigenvalue weighted by Crippen LogP contribution is -2.38. The van der Waals surface area contributed by atoms with E-state index in [1.54, 1.807) is 12.1 Å². The van der Waals surface area contributed by atoms with Crippen LogP contribution in [-0.4, -0.2) is 56.0 Å². The van der Waals surface area contributed by atoms with Crippen LogP contribution < -0.4 is 5.32 Å². The predicted octanol–water partition coefficient (Wildman–Crippen LogP) is 4.80. The van der Waals surface area contributed by atoms with E-state index in [4.69, 9.17) is 32.7 Å². The average Bonchev–Trinajstić information content (AvgIpc) is 3.33. The van der Waals surface area contributed by atoms with E-state index in [1.165, 1.54) is 11.1 Å². The van der Waals surface area contributed by atoms with Crippen molar-refractivity contribution in [3.05, 3.63) is 63.7 Å². The van der Waals surface area contributed by atoms with Crippen molar-refractivity contribution < 1.29 is 32.6 Å². The van der Waals surface area contributed by atoms with Gasteiger partial charge in [-0.25, -0.2) is 4.79 Å². The van der Waals surface area contributed by atoms with Gasteiger partial charge in [-0.15, -0.1) is 10.2 Å². The number of aliphatic hydroxyl groups is 2. The van der Waals surface area contributed by atoms with Crippen LogP contribution >= 0.6 is 23.2 Å². The van der Waals surface area contributed by atoms with E-state index >= 15 is 0 Å². The molecule has 0 fully saturated rings. The molecule has 3 aromatic rings. The molecule has 0 spiro atoms. The number of anilines is 1. The number of aromatic nitrogens is 3. The number of halogens is 5. The molecule has 0 saturated heterocycles. The quantitative estimate of drug-likeness (QED) is 0.422. The molecule has 190 valence electrons. The van der Waals surface area contributed by atoms with Gasteiger partial charge in [-0.2, -0.15) is 13.2 Å². The summed E-state index contributed by atoms with van der Waals surface area (Å²) in [5.41, 5.74) is 0.884. The third kappa shape index (κ3) is 5.62. The minimum Gasteiger partial charge on any atom is -0.418 e. The Labute approximate surface area is 212 Å². The summed E-state index contributed by atoms with van der Waals surface area (Å²) in [6.45, 7) is -0.0277. The van der Waals surface area contributed by atoms with E-state index in [0.717, 1.165) is 23.8 Å². The van der Waals surface area contributed by atoms with Crippen LogP contribution in [0.1, 0.15) is 29.7 Å². The minimum atomic E-state index is -4.59. The van der Waals surface area contributed by atoms with Crippen LogP contribution in [-0.2, 0) is 6.18 Å². The Morgan fingerprint density at radius 2 is 2.00 bits per heavy atom. The van der Waals surface area contributed by atoms with Gasteiger partial charge in [-0.1, -0.05) is 29.3 Å². The number of benzene rings is 1. The first kappa shape index (κ1) is 25.9. The molecule has 0 radical (unpaired) electrons. The van der Waals surface area contributed by atoms with Crippen LogP contribution in [0, 0.1) is 0 Å². The topological polar surface area (TPSA) is 125 Å². The molecule has 1 aromatic carbocycles. The molecular formula is C22H18Cl2F3N5O4. The number of alkyl halides is 3. The largest absolute Gasteiger partial charge is 0.418 e. The summed E-state index contributed by atoms with van der Waals surface area (Å²) < 4.78 is 43.9. The van der Waals surface area contributed by atoms with Crippen LogP contribution in [0.5, 0.6) is 0 Å². The van der Waals surface area contributed by atoms with Crippen molar-refractivity contribution in [2.45, 2.75) is 18.7 Å². The highest BCUT2D eigenvalue weighted by Gasteiger charge is 2.33. The molecule has 1 atom stereocenters. The minimum absolute atomic E-state index is 0.0716. The average molecular weight is 544 g/mol. The lowest BCUT2D eigenvalue weighted by Gasteiger charge is -2.27. The third-order valence-electron chi connectivity index (χ3n) is 5.31. The van der Waals surface area contributed by atoms with Gasteiger partial charge in [0.25, 0.3) is 0 Å². The number of urea groups is 1. The molecule has 0 bridgehead atoms. The number of carbonyl (C=O) groups excluding carboxylic acids is 1. The first-order valence-electron chi connectivity index (χ1n) is 10.5. The fourth-order valence-electron chi connectivity index (χ4n) is 3.45. The summed E-state index contributed by atoms with van der Waals surface area (Å²) in [6.07, 6.45) is -2.20. The Kier molecular flexibility index (Phi) is 7.50. The van der Waals surface area contributed by atoms with Gasteiger partial charge in [-0.3, -0.25) is 4.98 Å². The number of hydrogen-bond acceptors (Lipinski definition) is 7. The first-order chi connectivity index (χ1) is 17.1. The van der Waals surface area contributed by atoms with Crippen molar-refractivity contribution in [3.8, 4) is 11.5 Å². The van der Waals surface area contributed by atoms with Gasteiger partial charge in [0.15, 0.2) is 6.10 Å². The maximum Gasteiger partial charge on any atom is 0.417 e. The number of pyridine rings is 1. The first-order valence-corrected chi connectivity index (χ1v) is 11.2. The maximum absolute atomic E-state index is 12.9. The summed E-state index contributed by atoms with van der Waals surface area (Å²) in [6, 6.07) is 4.08. The Hall–Kier alpha value is -3.19. The van der Waals surface area contributed by atoms with Gasteiger partial charge < -0.3 is 24.8 Å². The highest BCUT2D eigenvalue weighted by Crippen LogP contribution is 2.36. The number of aliphatic hydroxyl groups excluding tert-OH is 2. The summed E-state index contributed by atoms with van der Waals surface area (Å²) >= 11 is 12.1. The SMILES string of the molecule is O=C(Nc1ccc(C(F)(F)F)c(Cl)c1)N1CC=C(c2ncc(-c3nnc(C(O)CO)o3)cc2Cl)CC1. The zero-order valence-corrected chi connectivity index (χ0v) is 19.8. The molecule has 1 aliphatic heterocycles. The van der Waals surface area contributed by atoms with Gasteiger partial charge in [0.05, 0.1) is 33.5 Å². The van der Waals surface area contributed by atoms with Crippen LogP contribution in [0.25, 0.3) is 17.0 Å². The zero-order valence-electron chi connectivity index (χ0n) is 18.3. The molecule has 3 heterocycles. The van der Waals surface area contributed by atoms with Crippen molar-refractivity contribution in [2.75, 3.05) is 25.0 Å². The van der Waals surface area contributed by atoms with Gasteiger partial charge >= 0.3 is 12.2 Å². The fraction of sp³-hybridized carbons (Fsp3) is 0.273. The monoisotopic (exact) mass is 543 g/mol. The summed E-state index contributed by atoms with van der Waals surface area (Å²) in [5, 5.41) is 28.4. The van der Waals surface area contributed by atoms with Crippen LogP contribution in [0.15, 0.2) is 41.0 Å². The van der Waals surface area contributed by atoms with E-state index in [0.29, 0.717) is 29.2 Å². The van der Waals surface area contributed by atoms with Crippen molar-refractivity contribution in [3.63, 3.8) is 0 Å². The Morgan fingerprint density at radius 3 is 2.61 bits per heavy atom. The van der Waals surface area contributed by atoms with Gasteiger partial charge in [0, 0.05) is 25.0 Å². The Balaban J connectivity index is 1.42. The highest BCUT2D eigenvalue weighted by atomic mass is 35.5. The van der Waals surface area contributed by atoms with Gasteiger partial charge in [0.2, 0.25) is 11.8 Å². The molecule has 9 nitrogen and oxygen atoms in total. The normalized spacial score (nSPS) is 15.0. The summed E-state index contributed by atoms with van der Waals surface area (Å²) in [7, 11) is 0. The standard InChI is InChI=1S/C22H18Cl2F3N5O4/c23-15-8-13(1-2-14(15)22(25,26)27)29-21(35)32-5-3-11(4-6-32)18-16(24)7-12(9-28-18)19-30-31-20(36-19)17(34)10-33/h1-3,7-9,17,33-34H,4-6,10H2,(H,29,35). The van der Waals surface area contributed by atoms with E-state index in [-0.39, 0.29) is 24.0 Å². The second-order valence-corrected chi connectivity index (χ2v) is 8.56. The summed E-state index contributed by atoms with van der Waals surface area (Å²) in [4.78, 5) is 18.4. The van der Waals surface area contributed by atoms with Crippen molar-refractivity contribution in [2.24, 2.45) is 0 Å². The molecule has 14 heteroatoms. The molecule has 3 N–H and O–H groups in total. The van der Waals surface area contributed by atoms with E-state index in [2.05, 4.69) is 20.5 Å². The molecular weight excluding hydrogens is 526 g/mol. The second kappa shape index (κ2) is 10.4. The van der Waals surface area contributed by atoms with Crippen molar-refractivity contribution in [1.82, 2.24) is 20.1 Å². The molecule has 1 unspecified atom stereocenters.